The smallest absolute Gasteiger partial charge is 0.134 e. The summed E-state index contributed by atoms with van der Waals surface area (Å²) >= 11 is 0. The van der Waals surface area contributed by atoms with Crippen LogP contribution in [0.1, 0.15) is 33.1 Å². The summed E-state index contributed by atoms with van der Waals surface area (Å²) in [4.78, 5) is 2.02. The first-order valence-electron chi connectivity index (χ1n) is 7.02. The minimum Gasteiger partial charge on any atom is -0.391 e. The van der Waals surface area contributed by atoms with Crippen LogP contribution in [0, 0.1) is 39.4 Å². The van der Waals surface area contributed by atoms with Crippen LogP contribution in [0.4, 0.5) is 0 Å². The van der Waals surface area contributed by atoms with Crippen LogP contribution >= 0.6 is 0 Å². The Bertz CT molecular complexity index is 621. The van der Waals surface area contributed by atoms with Crippen molar-refractivity contribution in [3.8, 4) is 18.2 Å². The zero-order valence-corrected chi connectivity index (χ0v) is 12.3. The van der Waals surface area contributed by atoms with E-state index >= 15 is 0 Å². The average Bonchev–Trinajstić information content (AvgIpc) is 2.85. The number of aliphatic hydroxyl groups excluding tert-OH is 1. The maximum atomic E-state index is 9.72. The van der Waals surface area contributed by atoms with Gasteiger partial charge in [-0.1, -0.05) is 13.8 Å². The molecule has 1 heterocycles. The van der Waals surface area contributed by atoms with Gasteiger partial charge in [0.1, 0.15) is 23.8 Å². The lowest BCUT2D eigenvalue weighted by Crippen LogP contribution is -2.31. The molecular formula is C16H18N4O. The Morgan fingerprint density at radius 3 is 2.38 bits per heavy atom. The molecule has 21 heavy (non-hydrogen) atoms. The van der Waals surface area contributed by atoms with Crippen molar-refractivity contribution in [3.05, 3.63) is 22.4 Å². The van der Waals surface area contributed by atoms with Crippen molar-refractivity contribution in [2.24, 2.45) is 5.41 Å². The zero-order valence-electron chi connectivity index (χ0n) is 12.3. The number of nitrogens with zero attached hydrogens (tertiary/aromatic N) is 4. The summed E-state index contributed by atoms with van der Waals surface area (Å²) in [6.45, 7) is 5.36. The first-order chi connectivity index (χ1) is 9.91. The predicted molar refractivity (Wildman–Crippen MR) is 76.1 cm³/mol. The Hall–Kier alpha value is -2.29. The number of likely N-dealkylation sites (tertiary alicyclic amines) is 1. The maximum Gasteiger partial charge on any atom is 0.134 e. The fourth-order valence-electron chi connectivity index (χ4n) is 3.11. The lowest BCUT2D eigenvalue weighted by atomic mass is 9.72. The first kappa shape index (κ1) is 15.1. The van der Waals surface area contributed by atoms with Crippen LogP contribution in [0.5, 0.6) is 0 Å². The highest BCUT2D eigenvalue weighted by Gasteiger charge is 2.36. The minimum atomic E-state index is -0.374. The molecule has 1 unspecified atom stereocenters. The topological polar surface area (TPSA) is 94.8 Å². The van der Waals surface area contributed by atoms with E-state index in [2.05, 4.69) is 19.9 Å². The van der Waals surface area contributed by atoms with Crippen molar-refractivity contribution in [1.82, 2.24) is 4.90 Å². The largest absolute Gasteiger partial charge is 0.391 e. The summed E-state index contributed by atoms with van der Waals surface area (Å²) in [6, 6.07) is 6.00. The Labute approximate surface area is 125 Å². The predicted octanol–water partition coefficient (Wildman–Crippen LogP) is 1.99. The monoisotopic (exact) mass is 282 g/mol. The van der Waals surface area contributed by atoms with Crippen molar-refractivity contribution in [2.45, 2.75) is 39.2 Å². The molecule has 1 atom stereocenters. The molecule has 2 aliphatic rings. The normalized spacial score (nSPS) is 24.3. The number of hydrogen-bond donors (Lipinski definition) is 1. The molecule has 1 aliphatic heterocycles. The Kier molecular flexibility index (Phi) is 4.03. The fourth-order valence-corrected chi connectivity index (χ4v) is 3.11. The average molecular weight is 282 g/mol. The van der Waals surface area contributed by atoms with Crippen LogP contribution in [-0.4, -0.2) is 29.2 Å². The summed E-state index contributed by atoms with van der Waals surface area (Å²) in [5.74, 6) is 0. The van der Waals surface area contributed by atoms with Crippen LogP contribution in [0.15, 0.2) is 22.4 Å². The van der Waals surface area contributed by atoms with Gasteiger partial charge in [-0.2, -0.15) is 15.8 Å². The summed E-state index contributed by atoms with van der Waals surface area (Å²) in [6.07, 6.45) is 1.58. The highest BCUT2D eigenvalue weighted by Crippen LogP contribution is 2.44. The summed E-state index contributed by atoms with van der Waals surface area (Å²) < 4.78 is 0. The van der Waals surface area contributed by atoms with Gasteiger partial charge in [-0.05, 0) is 24.7 Å². The van der Waals surface area contributed by atoms with Gasteiger partial charge in [-0.25, -0.2) is 0 Å². The van der Waals surface area contributed by atoms with Gasteiger partial charge in [0.15, 0.2) is 0 Å². The number of hydrogen-bond acceptors (Lipinski definition) is 5. The standard InChI is InChI=1S/C16H18N4O/c1-16(2)5-13(11(7-17)8-18)14(9-19)15(6-16)20-4-3-12(21)10-20/h12,21H,3-6,10H2,1-2H3. The maximum absolute atomic E-state index is 9.72. The van der Waals surface area contributed by atoms with Crippen LogP contribution in [0.2, 0.25) is 0 Å². The van der Waals surface area contributed by atoms with Crippen molar-refractivity contribution in [1.29, 1.82) is 15.8 Å². The second-order valence-electron chi connectivity index (χ2n) is 6.42. The summed E-state index contributed by atoms with van der Waals surface area (Å²) in [5, 5.41) is 37.5. The van der Waals surface area contributed by atoms with E-state index in [1.807, 2.05) is 17.0 Å². The molecule has 0 aromatic rings. The second kappa shape index (κ2) is 5.60. The van der Waals surface area contributed by atoms with Gasteiger partial charge in [0, 0.05) is 24.4 Å². The lowest BCUT2D eigenvalue weighted by Gasteiger charge is -2.37. The molecule has 0 aromatic carbocycles. The zero-order chi connectivity index (χ0) is 15.6. The Morgan fingerprint density at radius 1 is 1.24 bits per heavy atom. The van der Waals surface area contributed by atoms with Gasteiger partial charge >= 0.3 is 0 Å². The third-order valence-electron chi connectivity index (χ3n) is 4.07. The summed E-state index contributed by atoms with van der Waals surface area (Å²) in [5.41, 5.74) is 1.77. The third-order valence-corrected chi connectivity index (χ3v) is 4.07. The van der Waals surface area contributed by atoms with Crippen LogP contribution < -0.4 is 0 Å². The first-order valence-corrected chi connectivity index (χ1v) is 7.02. The lowest BCUT2D eigenvalue weighted by molar-refractivity contribution is 0.179. The van der Waals surface area contributed by atoms with Crippen LogP contribution in [0.25, 0.3) is 0 Å². The van der Waals surface area contributed by atoms with Gasteiger partial charge in [0.25, 0.3) is 0 Å². The van der Waals surface area contributed by atoms with Crippen molar-refractivity contribution in [3.63, 3.8) is 0 Å². The molecule has 5 heteroatoms. The highest BCUT2D eigenvalue weighted by molar-refractivity contribution is 5.57. The van der Waals surface area contributed by atoms with Crippen molar-refractivity contribution < 1.29 is 5.11 Å². The molecule has 0 bridgehead atoms. The van der Waals surface area contributed by atoms with E-state index in [9.17, 15) is 10.4 Å². The fraction of sp³-hybridized carbons (Fsp3) is 0.562. The number of nitriles is 3. The molecule has 1 aliphatic carbocycles. The Morgan fingerprint density at radius 2 is 1.90 bits per heavy atom. The molecule has 0 amide bonds. The SMILES string of the molecule is CC1(C)CC(=C(C#N)C#N)C(C#N)=C(N2CCC(O)C2)C1. The third kappa shape index (κ3) is 2.92. The second-order valence-corrected chi connectivity index (χ2v) is 6.42. The molecule has 1 saturated heterocycles. The molecule has 1 fully saturated rings. The molecule has 0 saturated carbocycles. The van der Waals surface area contributed by atoms with Gasteiger partial charge in [0.2, 0.25) is 0 Å². The molecule has 0 aromatic heterocycles. The quantitative estimate of drug-likeness (QED) is 0.742. The molecule has 5 nitrogen and oxygen atoms in total. The number of rotatable bonds is 1. The highest BCUT2D eigenvalue weighted by atomic mass is 16.3. The van der Waals surface area contributed by atoms with Crippen molar-refractivity contribution >= 4 is 0 Å². The van der Waals surface area contributed by atoms with E-state index in [4.69, 9.17) is 10.5 Å². The molecule has 1 N–H and O–H groups in total. The van der Waals surface area contributed by atoms with Crippen LogP contribution in [0.3, 0.4) is 0 Å². The van der Waals surface area contributed by atoms with Gasteiger partial charge < -0.3 is 10.0 Å². The molecule has 0 spiro atoms. The van der Waals surface area contributed by atoms with Crippen LogP contribution in [-0.2, 0) is 0 Å². The van der Waals surface area contributed by atoms with E-state index in [-0.39, 0.29) is 17.1 Å². The molecular weight excluding hydrogens is 264 g/mol. The molecule has 2 rings (SSSR count). The van der Waals surface area contributed by atoms with Gasteiger partial charge in [0.05, 0.1) is 11.7 Å². The van der Waals surface area contributed by atoms with E-state index in [1.54, 1.807) is 0 Å². The van der Waals surface area contributed by atoms with E-state index in [0.29, 0.717) is 37.1 Å². The molecule has 0 radical (unpaired) electrons. The summed E-state index contributed by atoms with van der Waals surface area (Å²) in [7, 11) is 0. The minimum absolute atomic E-state index is 0.0246. The van der Waals surface area contributed by atoms with Gasteiger partial charge in [-0.15, -0.1) is 0 Å². The van der Waals surface area contributed by atoms with Gasteiger partial charge in [-0.3, -0.25) is 0 Å². The number of aliphatic hydroxyl groups is 1. The van der Waals surface area contributed by atoms with Crippen molar-refractivity contribution in [2.75, 3.05) is 13.1 Å². The van der Waals surface area contributed by atoms with E-state index in [1.165, 1.54) is 0 Å². The Balaban J connectivity index is 2.58. The number of β-amino-alcohol motifs (C(OH)–C–C–N with tert-alkyl or cyclic N) is 1. The van der Waals surface area contributed by atoms with E-state index < -0.39 is 0 Å². The number of allylic oxidation sites excluding steroid dienone is 4. The van der Waals surface area contributed by atoms with E-state index in [0.717, 1.165) is 12.1 Å². The molecule has 108 valence electrons.